The van der Waals surface area contributed by atoms with Crippen LogP contribution in [0.1, 0.15) is 51.4 Å². The predicted molar refractivity (Wildman–Crippen MR) is 116 cm³/mol. The summed E-state index contributed by atoms with van der Waals surface area (Å²) in [5.41, 5.74) is 2.10. The molecule has 1 atom stereocenters. The predicted octanol–water partition coefficient (Wildman–Crippen LogP) is 2.63. The van der Waals surface area contributed by atoms with Gasteiger partial charge >= 0.3 is 0 Å². The van der Waals surface area contributed by atoms with E-state index in [2.05, 4.69) is 5.16 Å². The normalized spacial score (nSPS) is 17.6. The van der Waals surface area contributed by atoms with Crippen molar-refractivity contribution in [2.24, 2.45) is 5.92 Å². The maximum atomic E-state index is 12.8. The van der Waals surface area contributed by atoms with Crippen LogP contribution >= 0.6 is 0 Å². The number of ether oxygens (including phenoxy) is 1. The Balaban J connectivity index is 0.000000913. The fourth-order valence-electron chi connectivity index (χ4n) is 4.30. The van der Waals surface area contributed by atoms with Crippen LogP contribution < -0.4 is 4.74 Å². The first-order valence-corrected chi connectivity index (χ1v) is 10.7. The molecule has 0 aliphatic carbocycles. The number of carbonyl (C=O) groups excluding carboxylic acids is 2. The number of carbonyl (C=O) groups is 3. The number of aryl methyl sites for hydroxylation is 1. The number of likely N-dealkylation sites (tertiary alicyclic amines) is 2. The van der Waals surface area contributed by atoms with Gasteiger partial charge in [-0.25, -0.2) is 0 Å². The number of methoxy groups -OCH3 is 1. The van der Waals surface area contributed by atoms with Crippen LogP contribution in [0.2, 0.25) is 0 Å². The van der Waals surface area contributed by atoms with Crippen molar-refractivity contribution < 1.29 is 28.8 Å². The zero-order valence-electron chi connectivity index (χ0n) is 18.5. The lowest BCUT2D eigenvalue weighted by Gasteiger charge is -2.18. The molecule has 172 valence electrons. The summed E-state index contributed by atoms with van der Waals surface area (Å²) >= 11 is 0. The molecule has 1 aromatic carbocycles. The molecule has 3 heterocycles. The molecular formula is C23H29N3O6. The Hall–Kier alpha value is -3.36. The highest BCUT2D eigenvalue weighted by Crippen LogP contribution is 2.28. The number of hydrogen-bond acceptors (Lipinski definition) is 6. The van der Waals surface area contributed by atoms with E-state index in [1.165, 1.54) is 0 Å². The fraction of sp³-hybridized carbons (Fsp3) is 0.478. The van der Waals surface area contributed by atoms with Crippen LogP contribution in [0.3, 0.4) is 0 Å². The third-order valence-electron chi connectivity index (χ3n) is 5.85. The van der Waals surface area contributed by atoms with Crippen molar-refractivity contribution in [3.05, 3.63) is 46.8 Å². The minimum absolute atomic E-state index is 0.0886. The summed E-state index contributed by atoms with van der Waals surface area (Å²) in [5, 5.41) is 10.7. The van der Waals surface area contributed by atoms with Crippen molar-refractivity contribution in [1.82, 2.24) is 15.0 Å². The average Bonchev–Trinajstić information content (AvgIpc) is 3.55. The Morgan fingerprint density at radius 1 is 1.19 bits per heavy atom. The third kappa shape index (κ3) is 5.46. The Labute approximate surface area is 186 Å². The minimum Gasteiger partial charge on any atom is -0.496 e. The van der Waals surface area contributed by atoms with E-state index < -0.39 is 0 Å². The van der Waals surface area contributed by atoms with Gasteiger partial charge in [0.05, 0.1) is 7.11 Å². The maximum Gasteiger partial charge on any atom is 0.290 e. The molecule has 1 aromatic heterocycles. The topological polar surface area (TPSA) is 113 Å². The quantitative estimate of drug-likeness (QED) is 0.707. The van der Waals surface area contributed by atoms with Gasteiger partial charge in [0.2, 0.25) is 0 Å². The van der Waals surface area contributed by atoms with Gasteiger partial charge < -0.3 is 24.2 Å². The Bertz CT molecular complexity index is 951. The van der Waals surface area contributed by atoms with Crippen molar-refractivity contribution in [3.8, 4) is 5.75 Å². The molecule has 1 N–H and O–H groups in total. The van der Waals surface area contributed by atoms with Crippen molar-refractivity contribution in [1.29, 1.82) is 0 Å². The van der Waals surface area contributed by atoms with Gasteiger partial charge in [-0.15, -0.1) is 0 Å². The van der Waals surface area contributed by atoms with Crippen LogP contribution in [-0.2, 0) is 11.2 Å². The van der Waals surface area contributed by atoms with Gasteiger partial charge in [-0.2, -0.15) is 0 Å². The Morgan fingerprint density at radius 2 is 1.91 bits per heavy atom. The molecule has 0 radical (unpaired) electrons. The van der Waals surface area contributed by atoms with Crippen molar-refractivity contribution in [2.45, 2.75) is 32.6 Å². The van der Waals surface area contributed by atoms with Gasteiger partial charge in [0.15, 0.2) is 5.69 Å². The fourth-order valence-corrected chi connectivity index (χ4v) is 4.30. The number of rotatable bonds is 5. The first-order chi connectivity index (χ1) is 15.5. The van der Waals surface area contributed by atoms with Gasteiger partial charge in [-0.1, -0.05) is 5.16 Å². The highest BCUT2D eigenvalue weighted by atomic mass is 16.5. The van der Waals surface area contributed by atoms with Crippen LogP contribution in [0.4, 0.5) is 0 Å². The SMILES string of the molecule is COc1ccc(C(=O)N2CCCC2)cc1CC1CCN(C(=O)c2cc(C)on2)C1.O=CO. The monoisotopic (exact) mass is 443 g/mol. The van der Waals surface area contributed by atoms with E-state index >= 15 is 0 Å². The molecule has 2 aliphatic rings. The van der Waals surface area contributed by atoms with Crippen LogP contribution in [-0.4, -0.2) is 71.6 Å². The lowest BCUT2D eigenvalue weighted by atomic mass is 9.96. The molecule has 0 saturated carbocycles. The number of hydrogen-bond donors (Lipinski definition) is 1. The van der Waals surface area contributed by atoms with Gasteiger partial charge in [0, 0.05) is 37.8 Å². The average molecular weight is 444 g/mol. The second kappa shape index (κ2) is 10.8. The molecule has 9 nitrogen and oxygen atoms in total. The third-order valence-corrected chi connectivity index (χ3v) is 5.85. The molecule has 2 aromatic rings. The first kappa shape index (κ1) is 23.3. The van der Waals surface area contributed by atoms with E-state index in [1.807, 2.05) is 28.0 Å². The second-order valence-corrected chi connectivity index (χ2v) is 8.06. The molecule has 1 unspecified atom stereocenters. The van der Waals surface area contributed by atoms with E-state index in [-0.39, 0.29) is 18.3 Å². The molecule has 0 spiro atoms. The van der Waals surface area contributed by atoms with Crippen LogP contribution in [0.5, 0.6) is 5.75 Å². The molecule has 2 fully saturated rings. The number of carboxylic acid groups (broad SMARTS) is 1. The largest absolute Gasteiger partial charge is 0.496 e. The second-order valence-electron chi connectivity index (χ2n) is 8.06. The summed E-state index contributed by atoms with van der Waals surface area (Å²) < 4.78 is 10.6. The van der Waals surface area contributed by atoms with Crippen LogP contribution in [0, 0.1) is 12.8 Å². The lowest BCUT2D eigenvalue weighted by Crippen LogP contribution is -2.29. The van der Waals surface area contributed by atoms with Crippen molar-refractivity contribution in [2.75, 3.05) is 33.3 Å². The standard InChI is InChI=1S/C22H27N3O4.CH2O2/c1-15-11-19(23-29-15)22(27)25-10-7-16(14-25)12-18-13-17(5-6-20(18)28-2)21(26)24-8-3-4-9-24;2-1-3/h5-6,11,13,16H,3-4,7-10,12,14H2,1-2H3;1H,(H,2,3). The van der Waals surface area contributed by atoms with E-state index in [0.29, 0.717) is 36.0 Å². The summed E-state index contributed by atoms with van der Waals surface area (Å²) in [6.45, 7) is 4.56. The molecular weight excluding hydrogens is 414 g/mol. The molecule has 2 saturated heterocycles. The molecule has 9 heteroatoms. The molecule has 2 aliphatic heterocycles. The van der Waals surface area contributed by atoms with E-state index in [9.17, 15) is 9.59 Å². The highest BCUT2D eigenvalue weighted by molar-refractivity contribution is 5.95. The Morgan fingerprint density at radius 3 is 2.53 bits per heavy atom. The summed E-state index contributed by atoms with van der Waals surface area (Å²) in [5.74, 6) is 1.75. The zero-order valence-corrected chi connectivity index (χ0v) is 18.5. The number of benzene rings is 1. The van der Waals surface area contributed by atoms with Gasteiger partial charge in [-0.3, -0.25) is 14.4 Å². The summed E-state index contributed by atoms with van der Waals surface area (Å²) in [6.07, 6.45) is 3.83. The summed E-state index contributed by atoms with van der Waals surface area (Å²) in [7, 11) is 1.65. The van der Waals surface area contributed by atoms with Crippen LogP contribution in [0.15, 0.2) is 28.8 Å². The van der Waals surface area contributed by atoms with E-state index in [1.54, 1.807) is 20.1 Å². The first-order valence-electron chi connectivity index (χ1n) is 10.7. The number of nitrogens with zero attached hydrogens (tertiary/aromatic N) is 3. The van der Waals surface area contributed by atoms with Crippen molar-refractivity contribution >= 4 is 18.3 Å². The molecule has 32 heavy (non-hydrogen) atoms. The number of amides is 2. The molecule has 0 bridgehead atoms. The van der Waals surface area contributed by atoms with Gasteiger partial charge in [0.25, 0.3) is 18.3 Å². The Kier molecular flexibility index (Phi) is 7.86. The minimum atomic E-state index is -0.250. The van der Waals surface area contributed by atoms with Crippen molar-refractivity contribution in [3.63, 3.8) is 0 Å². The highest BCUT2D eigenvalue weighted by Gasteiger charge is 2.29. The summed E-state index contributed by atoms with van der Waals surface area (Å²) in [6, 6.07) is 7.37. The van der Waals surface area contributed by atoms with Gasteiger partial charge in [0.1, 0.15) is 11.5 Å². The van der Waals surface area contributed by atoms with E-state index in [4.69, 9.17) is 19.2 Å². The lowest BCUT2D eigenvalue weighted by molar-refractivity contribution is -0.122. The molecule has 2 amide bonds. The maximum absolute atomic E-state index is 12.8. The number of aromatic nitrogens is 1. The van der Waals surface area contributed by atoms with Gasteiger partial charge in [-0.05, 0) is 62.3 Å². The smallest absolute Gasteiger partial charge is 0.290 e. The van der Waals surface area contributed by atoms with Crippen LogP contribution in [0.25, 0.3) is 0 Å². The van der Waals surface area contributed by atoms with E-state index in [0.717, 1.165) is 50.1 Å². The summed E-state index contributed by atoms with van der Waals surface area (Å²) in [4.78, 5) is 37.5. The zero-order chi connectivity index (χ0) is 23.1. The molecule has 4 rings (SSSR count).